The maximum atomic E-state index is 11.9. The van der Waals surface area contributed by atoms with E-state index < -0.39 is 0 Å². The van der Waals surface area contributed by atoms with E-state index in [0.29, 0.717) is 6.54 Å². The Morgan fingerprint density at radius 3 is 2.41 bits per heavy atom. The molecule has 0 saturated carbocycles. The van der Waals surface area contributed by atoms with E-state index >= 15 is 0 Å². The van der Waals surface area contributed by atoms with Crippen molar-refractivity contribution in [3.8, 4) is 0 Å². The van der Waals surface area contributed by atoms with Crippen molar-refractivity contribution in [1.82, 2.24) is 5.32 Å². The highest BCUT2D eigenvalue weighted by molar-refractivity contribution is 5.91. The van der Waals surface area contributed by atoms with Crippen LogP contribution in [0.15, 0.2) is 24.3 Å². The van der Waals surface area contributed by atoms with Crippen LogP contribution in [0.4, 0.5) is 10.5 Å². The SMILES string of the molecule is CCCCNC(=O)N(CC)c1ccc(C)cc1. The second kappa shape index (κ2) is 6.94. The van der Waals surface area contributed by atoms with Gasteiger partial charge in [-0.25, -0.2) is 4.79 Å². The van der Waals surface area contributed by atoms with Gasteiger partial charge in [-0.05, 0) is 32.4 Å². The number of nitrogens with zero attached hydrogens (tertiary/aromatic N) is 1. The van der Waals surface area contributed by atoms with Gasteiger partial charge < -0.3 is 5.32 Å². The Balaban J connectivity index is 2.64. The molecule has 1 aromatic carbocycles. The molecule has 0 bridgehead atoms. The van der Waals surface area contributed by atoms with Crippen molar-refractivity contribution in [2.24, 2.45) is 0 Å². The lowest BCUT2D eigenvalue weighted by Crippen LogP contribution is -2.40. The van der Waals surface area contributed by atoms with Crippen LogP contribution < -0.4 is 10.2 Å². The van der Waals surface area contributed by atoms with Gasteiger partial charge >= 0.3 is 6.03 Å². The fourth-order valence-corrected chi connectivity index (χ4v) is 1.64. The smallest absolute Gasteiger partial charge is 0.321 e. The van der Waals surface area contributed by atoms with E-state index in [2.05, 4.69) is 12.2 Å². The van der Waals surface area contributed by atoms with Crippen LogP contribution in [0, 0.1) is 6.92 Å². The van der Waals surface area contributed by atoms with Crippen LogP contribution in [0.1, 0.15) is 32.3 Å². The maximum absolute atomic E-state index is 11.9. The van der Waals surface area contributed by atoms with Crippen LogP contribution in [0.3, 0.4) is 0 Å². The molecule has 3 heteroatoms. The molecule has 1 rings (SSSR count). The molecule has 1 aromatic rings. The van der Waals surface area contributed by atoms with Gasteiger partial charge in [0.1, 0.15) is 0 Å². The van der Waals surface area contributed by atoms with E-state index in [4.69, 9.17) is 0 Å². The van der Waals surface area contributed by atoms with Gasteiger partial charge in [0.25, 0.3) is 0 Å². The average Bonchev–Trinajstić information content (AvgIpc) is 2.33. The molecule has 0 saturated heterocycles. The van der Waals surface area contributed by atoms with E-state index in [9.17, 15) is 4.79 Å². The van der Waals surface area contributed by atoms with Crippen molar-refractivity contribution in [2.45, 2.75) is 33.6 Å². The molecule has 0 aliphatic heterocycles. The minimum Gasteiger partial charge on any atom is -0.338 e. The molecule has 17 heavy (non-hydrogen) atoms. The molecular formula is C14H22N2O. The lowest BCUT2D eigenvalue weighted by atomic mass is 10.2. The van der Waals surface area contributed by atoms with Gasteiger partial charge in [0.15, 0.2) is 0 Å². The number of nitrogens with one attached hydrogen (secondary N) is 1. The van der Waals surface area contributed by atoms with Crippen LogP contribution in [0.5, 0.6) is 0 Å². The number of hydrogen-bond acceptors (Lipinski definition) is 1. The summed E-state index contributed by atoms with van der Waals surface area (Å²) >= 11 is 0. The average molecular weight is 234 g/mol. The summed E-state index contributed by atoms with van der Waals surface area (Å²) in [6.07, 6.45) is 2.12. The lowest BCUT2D eigenvalue weighted by molar-refractivity contribution is 0.246. The van der Waals surface area contributed by atoms with E-state index in [0.717, 1.165) is 25.1 Å². The van der Waals surface area contributed by atoms with Gasteiger partial charge in [-0.2, -0.15) is 0 Å². The van der Waals surface area contributed by atoms with Crippen molar-refractivity contribution in [3.05, 3.63) is 29.8 Å². The van der Waals surface area contributed by atoms with Gasteiger partial charge in [-0.15, -0.1) is 0 Å². The number of anilines is 1. The van der Waals surface area contributed by atoms with E-state index in [1.807, 2.05) is 38.1 Å². The first kappa shape index (κ1) is 13.6. The summed E-state index contributed by atoms with van der Waals surface area (Å²) < 4.78 is 0. The number of rotatable bonds is 5. The zero-order chi connectivity index (χ0) is 12.7. The molecule has 0 heterocycles. The van der Waals surface area contributed by atoms with Gasteiger partial charge in [-0.3, -0.25) is 4.90 Å². The summed E-state index contributed by atoms with van der Waals surface area (Å²) in [6.45, 7) is 7.57. The second-order valence-electron chi connectivity index (χ2n) is 4.17. The second-order valence-corrected chi connectivity index (χ2v) is 4.17. The highest BCUT2D eigenvalue weighted by Gasteiger charge is 2.12. The first-order chi connectivity index (χ1) is 8.19. The van der Waals surface area contributed by atoms with Gasteiger partial charge in [0, 0.05) is 18.8 Å². The summed E-state index contributed by atoms with van der Waals surface area (Å²) in [5.41, 5.74) is 2.16. The molecule has 0 radical (unpaired) electrons. The molecule has 0 spiro atoms. The zero-order valence-corrected chi connectivity index (χ0v) is 11.0. The van der Waals surface area contributed by atoms with Crippen molar-refractivity contribution in [2.75, 3.05) is 18.0 Å². The third-order valence-corrected chi connectivity index (χ3v) is 2.71. The zero-order valence-electron chi connectivity index (χ0n) is 11.0. The quantitative estimate of drug-likeness (QED) is 0.779. The van der Waals surface area contributed by atoms with Crippen LogP contribution in [-0.4, -0.2) is 19.1 Å². The Morgan fingerprint density at radius 2 is 1.88 bits per heavy atom. The minimum absolute atomic E-state index is 0.00944. The van der Waals surface area contributed by atoms with Crippen molar-refractivity contribution in [3.63, 3.8) is 0 Å². The number of aryl methyl sites for hydroxylation is 1. The largest absolute Gasteiger partial charge is 0.338 e. The third kappa shape index (κ3) is 4.10. The van der Waals surface area contributed by atoms with Gasteiger partial charge in [-0.1, -0.05) is 31.0 Å². The monoisotopic (exact) mass is 234 g/mol. The predicted molar refractivity (Wildman–Crippen MR) is 72.5 cm³/mol. The predicted octanol–water partition coefficient (Wildman–Crippen LogP) is 3.33. The van der Waals surface area contributed by atoms with Crippen molar-refractivity contribution < 1.29 is 4.79 Å². The Bertz CT molecular complexity index is 346. The molecule has 0 aliphatic carbocycles. The first-order valence-electron chi connectivity index (χ1n) is 6.31. The van der Waals surface area contributed by atoms with Crippen LogP contribution in [-0.2, 0) is 0 Å². The van der Waals surface area contributed by atoms with Gasteiger partial charge in [0.05, 0.1) is 0 Å². The molecular weight excluding hydrogens is 212 g/mol. The summed E-state index contributed by atoms with van der Waals surface area (Å²) in [7, 11) is 0. The minimum atomic E-state index is -0.00944. The number of hydrogen-bond donors (Lipinski definition) is 1. The maximum Gasteiger partial charge on any atom is 0.321 e. The molecule has 0 aliphatic rings. The van der Waals surface area contributed by atoms with E-state index in [-0.39, 0.29) is 6.03 Å². The molecule has 0 unspecified atom stereocenters. The lowest BCUT2D eigenvalue weighted by Gasteiger charge is -2.21. The van der Waals surface area contributed by atoms with Crippen LogP contribution in [0.25, 0.3) is 0 Å². The molecule has 2 amide bonds. The van der Waals surface area contributed by atoms with Crippen LogP contribution >= 0.6 is 0 Å². The van der Waals surface area contributed by atoms with Crippen molar-refractivity contribution >= 4 is 11.7 Å². The summed E-state index contributed by atoms with van der Waals surface area (Å²) in [5.74, 6) is 0. The number of urea groups is 1. The number of benzene rings is 1. The molecule has 0 atom stereocenters. The summed E-state index contributed by atoms with van der Waals surface area (Å²) in [4.78, 5) is 13.7. The Labute approximate surface area is 104 Å². The molecule has 0 aromatic heterocycles. The van der Waals surface area contributed by atoms with E-state index in [1.54, 1.807) is 4.90 Å². The fourth-order valence-electron chi connectivity index (χ4n) is 1.64. The molecule has 3 nitrogen and oxygen atoms in total. The van der Waals surface area contributed by atoms with Gasteiger partial charge in [0.2, 0.25) is 0 Å². The van der Waals surface area contributed by atoms with E-state index in [1.165, 1.54) is 5.56 Å². The van der Waals surface area contributed by atoms with Crippen LogP contribution in [0.2, 0.25) is 0 Å². The Hall–Kier alpha value is -1.51. The Morgan fingerprint density at radius 1 is 1.24 bits per heavy atom. The Kier molecular flexibility index (Phi) is 5.53. The summed E-state index contributed by atoms with van der Waals surface area (Å²) in [6, 6.07) is 8.01. The summed E-state index contributed by atoms with van der Waals surface area (Å²) in [5, 5.41) is 2.93. The first-order valence-corrected chi connectivity index (χ1v) is 6.31. The molecule has 0 fully saturated rings. The number of amides is 2. The fraction of sp³-hybridized carbons (Fsp3) is 0.500. The topological polar surface area (TPSA) is 32.3 Å². The molecule has 1 N–H and O–H groups in total. The third-order valence-electron chi connectivity index (χ3n) is 2.71. The number of carbonyl (C=O) groups is 1. The molecule has 94 valence electrons. The number of carbonyl (C=O) groups excluding carboxylic acids is 1. The number of unbranched alkanes of at least 4 members (excludes halogenated alkanes) is 1. The standard InChI is InChI=1S/C14H22N2O/c1-4-6-11-15-14(17)16(5-2)13-9-7-12(3)8-10-13/h7-10H,4-6,11H2,1-3H3,(H,15,17). The highest BCUT2D eigenvalue weighted by atomic mass is 16.2. The van der Waals surface area contributed by atoms with Crippen molar-refractivity contribution in [1.29, 1.82) is 0 Å². The highest BCUT2D eigenvalue weighted by Crippen LogP contribution is 2.14. The normalized spacial score (nSPS) is 10.1.